The number of hydrogen-bond acceptors (Lipinski definition) is 3. The molecule has 0 aromatic carbocycles. The summed E-state index contributed by atoms with van der Waals surface area (Å²) in [5, 5.41) is 7.00. The zero-order chi connectivity index (χ0) is 13.6. The Morgan fingerprint density at radius 3 is 2.79 bits per heavy atom. The van der Waals surface area contributed by atoms with Crippen molar-refractivity contribution < 1.29 is 4.79 Å². The van der Waals surface area contributed by atoms with E-state index in [0.717, 1.165) is 19.3 Å². The van der Waals surface area contributed by atoms with Gasteiger partial charge in [-0.2, -0.15) is 5.10 Å². The molecule has 0 saturated heterocycles. The lowest BCUT2D eigenvalue weighted by Crippen LogP contribution is -2.51. The molecule has 1 rings (SSSR count). The van der Waals surface area contributed by atoms with Gasteiger partial charge in [-0.05, 0) is 31.7 Å². The number of nitrogens with two attached hydrogens (primary N) is 1. The number of halogens is 1. The highest BCUT2D eigenvalue weighted by molar-refractivity contribution is 5.85. The van der Waals surface area contributed by atoms with Gasteiger partial charge in [0.05, 0.1) is 11.7 Å². The van der Waals surface area contributed by atoms with Crippen LogP contribution in [0.15, 0.2) is 12.4 Å². The molecule has 0 fully saturated rings. The van der Waals surface area contributed by atoms with E-state index in [1.807, 2.05) is 26.4 Å². The van der Waals surface area contributed by atoms with Crippen LogP contribution < -0.4 is 11.1 Å². The molecule has 1 amide bonds. The monoisotopic (exact) mass is 288 g/mol. The van der Waals surface area contributed by atoms with Crippen LogP contribution in [0.4, 0.5) is 0 Å². The molecule has 1 heterocycles. The third kappa shape index (κ3) is 6.07. The SMILES string of the molecule is CCCC(C)(N)C(=O)NCCCc1cnn(C)c1.Cl. The molecule has 1 atom stereocenters. The molecule has 1 unspecified atom stereocenters. The van der Waals surface area contributed by atoms with Gasteiger partial charge in [0, 0.05) is 19.8 Å². The molecule has 0 bridgehead atoms. The lowest BCUT2D eigenvalue weighted by Gasteiger charge is -2.22. The molecule has 19 heavy (non-hydrogen) atoms. The van der Waals surface area contributed by atoms with E-state index >= 15 is 0 Å². The fourth-order valence-electron chi connectivity index (χ4n) is 1.93. The van der Waals surface area contributed by atoms with E-state index in [1.165, 1.54) is 5.56 Å². The maximum Gasteiger partial charge on any atom is 0.239 e. The zero-order valence-electron chi connectivity index (χ0n) is 12.0. The van der Waals surface area contributed by atoms with Crippen molar-refractivity contribution in [1.82, 2.24) is 15.1 Å². The Bertz CT molecular complexity index is 390. The Morgan fingerprint density at radius 2 is 2.26 bits per heavy atom. The van der Waals surface area contributed by atoms with Crippen molar-refractivity contribution in [1.29, 1.82) is 0 Å². The van der Waals surface area contributed by atoms with E-state index in [0.29, 0.717) is 13.0 Å². The molecule has 1 aromatic heterocycles. The first-order valence-electron chi connectivity index (χ1n) is 6.50. The number of amides is 1. The largest absolute Gasteiger partial charge is 0.355 e. The molecule has 1 aromatic rings. The normalized spacial score (nSPS) is 13.5. The van der Waals surface area contributed by atoms with Crippen molar-refractivity contribution in [2.75, 3.05) is 6.54 Å². The first kappa shape index (κ1) is 17.9. The number of hydrogen-bond donors (Lipinski definition) is 2. The van der Waals surface area contributed by atoms with Crippen LogP contribution in [0.3, 0.4) is 0 Å². The fraction of sp³-hybridized carbons (Fsp3) is 0.692. The van der Waals surface area contributed by atoms with Crippen molar-refractivity contribution in [2.45, 2.75) is 45.1 Å². The van der Waals surface area contributed by atoms with Gasteiger partial charge in [0.1, 0.15) is 0 Å². The van der Waals surface area contributed by atoms with Crippen LogP contribution in [0.2, 0.25) is 0 Å². The number of carbonyl (C=O) groups excluding carboxylic acids is 1. The zero-order valence-corrected chi connectivity index (χ0v) is 12.8. The lowest BCUT2D eigenvalue weighted by molar-refractivity contribution is -0.126. The number of rotatable bonds is 7. The molecule has 5 nitrogen and oxygen atoms in total. The topological polar surface area (TPSA) is 72.9 Å². The summed E-state index contributed by atoms with van der Waals surface area (Å²) >= 11 is 0. The molecule has 110 valence electrons. The minimum Gasteiger partial charge on any atom is -0.355 e. The fourth-order valence-corrected chi connectivity index (χ4v) is 1.93. The first-order chi connectivity index (χ1) is 8.45. The third-order valence-electron chi connectivity index (χ3n) is 2.97. The molecule has 0 spiro atoms. The van der Waals surface area contributed by atoms with E-state index < -0.39 is 5.54 Å². The number of aryl methyl sites for hydroxylation is 2. The Morgan fingerprint density at radius 1 is 1.58 bits per heavy atom. The molecule has 0 radical (unpaired) electrons. The van der Waals surface area contributed by atoms with E-state index in [4.69, 9.17) is 5.73 Å². The highest BCUT2D eigenvalue weighted by Gasteiger charge is 2.26. The maximum absolute atomic E-state index is 11.8. The van der Waals surface area contributed by atoms with Crippen LogP contribution in [0.25, 0.3) is 0 Å². The van der Waals surface area contributed by atoms with Gasteiger partial charge >= 0.3 is 0 Å². The van der Waals surface area contributed by atoms with Crippen molar-refractivity contribution in [2.24, 2.45) is 12.8 Å². The summed E-state index contributed by atoms with van der Waals surface area (Å²) in [6, 6.07) is 0. The number of nitrogens with zero attached hydrogens (tertiary/aromatic N) is 2. The molecule has 0 aliphatic heterocycles. The Hall–Kier alpha value is -1.07. The minimum atomic E-state index is -0.747. The second-order valence-electron chi connectivity index (χ2n) is 5.05. The van der Waals surface area contributed by atoms with Crippen molar-refractivity contribution in [3.05, 3.63) is 18.0 Å². The molecular weight excluding hydrogens is 264 g/mol. The van der Waals surface area contributed by atoms with Crippen molar-refractivity contribution in [3.8, 4) is 0 Å². The predicted molar refractivity (Wildman–Crippen MR) is 79.3 cm³/mol. The summed E-state index contributed by atoms with van der Waals surface area (Å²) in [6.07, 6.45) is 7.29. The van der Waals surface area contributed by atoms with Gasteiger partial charge in [-0.25, -0.2) is 0 Å². The summed E-state index contributed by atoms with van der Waals surface area (Å²) in [6.45, 7) is 4.47. The van der Waals surface area contributed by atoms with Crippen LogP contribution in [0, 0.1) is 0 Å². The second kappa shape index (κ2) is 8.17. The van der Waals surface area contributed by atoms with Gasteiger partial charge in [0.2, 0.25) is 5.91 Å². The Balaban J connectivity index is 0.00000324. The first-order valence-corrected chi connectivity index (χ1v) is 6.50. The molecule has 0 aliphatic rings. The summed E-state index contributed by atoms with van der Waals surface area (Å²) in [7, 11) is 1.90. The maximum atomic E-state index is 11.8. The quantitative estimate of drug-likeness (QED) is 0.745. The van der Waals surface area contributed by atoms with Gasteiger partial charge in [-0.15, -0.1) is 12.4 Å². The molecule has 3 N–H and O–H groups in total. The van der Waals surface area contributed by atoms with Crippen LogP contribution in [-0.4, -0.2) is 27.8 Å². The summed E-state index contributed by atoms with van der Waals surface area (Å²) in [4.78, 5) is 11.8. The van der Waals surface area contributed by atoms with Gasteiger partial charge in [0.25, 0.3) is 0 Å². The van der Waals surface area contributed by atoms with Crippen LogP contribution >= 0.6 is 12.4 Å². The predicted octanol–water partition coefficient (Wildman–Crippen LogP) is 1.41. The van der Waals surface area contributed by atoms with Crippen molar-refractivity contribution in [3.63, 3.8) is 0 Å². The Labute approximate surface area is 121 Å². The molecular formula is C13H25ClN4O. The summed E-state index contributed by atoms with van der Waals surface area (Å²) in [5.41, 5.74) is 6.39. The highest BCUT2D eigenvalue weighted by atomic mass is 35.5. The van der Waals surface area contributed by atoms with Crippen LogP contribution in [0.1, 0.15) is 38.7 Å². The smallest absolute Gasteiger partial charge is 0.239 e. The average Bonchev–Trinajstić information content (AvgIpc) is 2.70. The van der Waals surface area contributed by atoms with Gasteiger partial charge in [-0.1, -0.05) is 13.3 Å². The number of carbonyl (C=O) groups is 1. The standard InChI is InChI=1S/C13H24N4O.ClH/c1-4-7-13(2,14)12(18)15-8-5-6-11-9-16-17(3)10-11;/h9-10H,4-8,14H2,1-3H3,(H,15,18);1H. The number of aromatic nitrogens is 2. The van der Waals surface area contributed by atoms with E-state index in [2.05, 4.69) is 10.4 Å². The van der Waals surface area contributed by atoms with E-state index in [1.54, 1.807) is 11.6 Å². The summed E-state index contributed by atoms with van der Waals surface area (Å²) < 4.78 is 1.78. The van der Waals surface area contributed by atoms with Gasteiger partial charge in [0.15, 0.2) is 0 Å². The second-order valence-corrected chi connectivity index (χ2v) is 5.05. The Kier molecular flexibility index (Phi) is 7.71. The van der Waals surface area contributed by atoms with Gasteiger partial charge < -0.3 is 11.1 Å². The number of nitrogens with one attached hydrogen (secondary N) is 1. The highest BCUT2D eigenvalue weighted by Crippen LogP contribution is 2.08. The third-order valence-corrected chi connectivity index (χ3v) is 2.97. The van der Waals surface area contributed by atoms with Crippen molar-refractivity contribution >= 4 is 18.3 Å². The van der Waals surface area contributed by atoms with Gasteiger partial charge in [-0.3, -0.25) is 9.48 Å². The molecule has 0 aliphatic carbocycles. The average molecular weight is 289 g/mol. The summed E-state index contributed by atoms with van der Waals surface area (Å²) in [5.74, 6) is -0.0597. The minimum absolute atomic E-state index is 0. The van der Waals surface area contributed by atoms with E-state index in [9.17, 15) is 4.79 Å². The lowest BCUT2D eigenvalue weighted by atomic mass is 9.96. The van der Waals surface area contributed by atoms with E-state index in [-0.39, 0.29) is 18.3 Å². The molecule has 0 saturated carbocycles. The molecule has 6 heteroatoms. The van der Waals surface area contributed by atoms with Crippen LogP contribution in [0.5, 0.6) is 0 Å². The van der Waals surface area contributed by atoms with Crippen LogP contribution in [-0.2, 0) is 18.3 Å².